The van der Waals surface area contributed by atoms with Crippen molar-refractivity contribution in [3.63, 3.8) is 0 Å². The van der Waals surface area contributed by atoms with Gasteiger partial charge in [0.2, 0.25) is 0 Å². The summed E-state index contributed by atoms with van der Waals surface area (Å²) in [5, 5.41) is 10.5. The Hall–Kier alpha value is -0.910. The molecule has 1 aliphatic rings. The summed E-state index contributed by atoms with van der Waals surface area (Å²) in [6.07, 6.45) is 4.87. The molecule has 0 amide bonds. The van der Waals surface area contributed by atoms with Gasteiger partial charge in [-0.05, 0) is 49.4 Å². The van der Waals surface area contributed by atoms with Gasteiger partial charge in [-0.2, -0.15) is 0 Å². The molecule has 22 heavy (non-hydrogen) atoms. The lowest BCUT2D eigenvalue weighted by atomic mass is 9.86. The first-order valence-corrected chi connectivity index (χ1v) is 9.77. The van der Waals surface area contributed by atoms with E-state index in [1.807, 2.05) is 13.0 Å². The highest BCUT2D eigenvalue weighted by Gasteiger charge is 2.35. The topological polar surface area (TPSA) is 80.4 Å². The molecular formula is C17H27NO3S. The maximum Gasteiger partial charge on any atom is 0.181 e. The normalized spacial score (nSPS) is 19.8. The molecule has 3 N–H and O–H groups in total. The molecule has 1 aromatic rings. The zero-order valence-electron chi connectivity index (χ0n) is 13.3. The van der Waals surface area contributed by atoms with Gasteiger partial charge in [-0.3, -0.25) is 0 Å². The molecule has 5 heteroatoms. The van der Waals surface area contributed by atoms with Crippen molar-refractivity contribution >= 4 is 9.84 Å². The summed E-state index contributed by atoms with van der Waals surface area (Å²) in [6, 6.07) is 7.08. The minimum Gasteiger partial charge on any atom is -0.389 e. The Morgan fingerprint density at radius 1 is 1.27 bits per heavy atom. The molecule has 2 rings (SSSR count). The number of hydrogen-bond donors (Lipinski definition) is 2. The first-order chi connectivity index (χ1) is 10.4. The van der Waals surface area contributed by atoms with E-state index in [2.05, 4.69) is 0 Å². The summed E-state index contributed by atoms with van der Waals surface area (Å²) in [5.74, 6) is 0.0623. The van der Waals surface area contributed by atoms with Crippen molar-refractivity contribution in [3.05, 3.63) is 29.8 Å². The second-order valence-electron chi connectivity index (χ2n) is 6.59. The van der Waals surface area contributed by atoms with Gasteiger partial charge in [0.1, 0.15) is 0 Å². The Kier molecular flexibility index (Phi) is 5.64. The van der Waals surface area contributed by atoms with Crippen LogP contribution in [0.2, 0.25) is 0 Å². The van der Waals surface area contributed by atoms with Crippen LogP contribution in [0.4, 0.5) is 0 Å². The molecule has 0 bridgehead atoms. The zero-order chi connectivity index (χ0) is 16.2. The maximum atomic E-state index is 12.7. The van der Waals surface area contributed by atoms with Crippen LogP contribution in [0.15, 0.2) is 29.2 Å². The summed E-state index contributed by atoms with van der Waals surface area (Å²) >= 11 is 0. The molecule has 1 aliphatic carbocycles. The molecule has 1 atom stereocenters. The molecule has 1 fully saturated rings. The van der Waals surface area contributed by atoms with Crippen LogP contribution in [0.5, 0.6) is 0 Å². The number of nitrogens with two attached hydrogens (primary N) is 1. The van der Waals surface area contributed by atoms with Gasteiger partial charge in [0.05, 0.1) is 16.2 Å². The SMILES string of the molecule is CC(CCN)c1cccc(S(=O)(=O)CC2(O)CCCCC2)c1. The number of sulfone groups is 1. The minimum absolute atomic E-state index is 0.172. The predicted octanol–water partition coefficient (Wildman–Crippen LogP) is 2.61. The molecule has 1 aromatic carbocycles. The molecule has 1 saturated carbocycles. The highest BCUT2D eigenvalue weighted by atomic mass is 32.2. The van der Waals surface area contributed by atoms with E-state index in [9.17, 15) is 13.5 Å². The zero-order valence-corrected chi connectivity index (χ0v) is 14.1. The summed E-state index contributed by atoms with van der Waals surface area (Å²) in [7, 11) is -3.47. The van der Waals surface area contributed by atoms with E-state index in [-0.39, 0.29) is 11.7 Å². The van der Waals surface area contributed by atoms with Crippen molar-refractivity contribution in [3.8, 4) is 0 Å². The van der Waals surface area contributed by atoms with E-state index in [0.717, 1.165) is 31.2 Å². The molecule has 124 valence electrons. The molecule has 4 nitrogen and oxygen atoms in total. The van der Waals surface area contributed by atoms with E-state index in [0.29, 0.717) is 24.3 Å². The molecule has 0 spiro atoms. The van der Waals surface area contributed by atoms with Gasteiger partial charge in [0.25, 0.3) is 0 Å². The highest BCUT2D eigenvalue weighted by molar-refractivity contribution is 7.91. The third-order valence-electron chi connectivity index (χ3n) is 4.63. The van der Waals surface area contributed by atoms with E-state index in [1.54, 1.807) is 18.2 Å². The Labute approximate surface area is 133 Å². The quantitative estimate of drug-likeness (QED) is 0.842. The maximum absolute atomic E-state index is 12.7. The first-order valence-electron chi connectivity index (χ1n) is 8.11. The number of aliphatic hydroxyl groups is 1. The van der Waals surface area contributed by atoms with Crippen LogP contribution in [-0.2, 0) is 9.84 Å². The van der Waals surface area contributed by atoms with Gasteiger partial charge >= 0.3 is 0 Å². The molecular weight excluding hydrogens is 298 g/mol. The number of benzene rings is 1. The molecule has 0 aliphatic heterocycles. The van der Waals surface area contributed by atoms with Crippen molar-refractivity contribution in [2.45, 2.75) is 61.9 Å². The summed E-state index contributed by atoms with van der Waals surface area (Å²) in [6.45, 7) is 2.63. The third-order valence-corrected chi connectivity index (χ3v) is 6.52. The lowest BCUT2D eigenvalue weighted by molar-refractivity contribution is 0.0257. The second kappa shape index (κ2) is 7.11. The van der Waals surface area contributed by atoms with Crippen molar-refractivity contribution in [1.29, 1.82) is 0 Å². The fourth-order valence-electron chi connectivity index (χ4n) is 3.22. The van der Waals surface area contributed by atoms with Crippen LogP contribution in [0.3, 0.4) is 0 Å². The Balaban J connectivity index is 2.20. The Bertz CT molecular complexity index is 592. The Morgan fingerprint density at radius 2 is 1.95 bits per heavy atom. The fraction of sp³-hybridized carbons (Fsp3) is 0.647. The average molecular weight is 325 g/mol. The van der Waals surface area contributed by atoms with Crippen LogP contribution in [-0.4, -0.2) is 31.4 Å². The lowest BCUT2D eigenvalue weighted by Crippen LogP contribution is -2.39. The predicted molar refractivity (Wildman–Crippen MR) is 88.6 cm³/mol. The first kappa shape index (κ1) is 17.4. The third kappa shape index (κ3) is 4.31. The van der Waals surface area contributed by atoms with Crippen molar-refractivity contribution < 1.29 is 13.5 Å². The smallest absolute Gasteiger partial charge is 0.181 e. The van der Waals surface area contributed by atoms with E-state index in [4.69, 9.17) is 5.73 Å². The van der Waals surface area contributed by atoms with Crippen LogP contribution in [0.25, 0.3) is 0 Å². The van der Waals surface area contributed by atoms with Gasteiger partial charge in [0.15, 0.2) is 9.84 Å². The van der Waals surface area contributed by atoms with Gasteiger partial charge in [-0.15, -0.1) is 0 Å². The highest BCUT2D eigenvalue weighted by Crippen LogP contribution is 2.31. The molecule has 0 heterocycles. The largest absolute Gasteiger partial charge is 0.389 e. The van der Waals surface area contributed by atoms with Gasteiger partial charge in [0, 0.05) is 0 Å². The standard InChI is InChI=1S/C17H27NO3S/c1-14(8-11-18)15-6-5-7-16(12-15)22(20,21)13-17(19)9-3-2-4-10-17/h5-7,12,14,19H,2-4,8-11,13,18H2,1H3. The number of hydrogen-bond acceptors (Lipinski definition) is 4. The van der Waals surface area contributed by atoms with Crippen LogP contribution < -0.4 is 5.73 Å². The van der Waals surface area contributed by atoms with Crippen molar-refractivity contribution in [2.75, 3.05) is 12.3 Å². The Morgan fingerprint density at radius 3 is 2.59 bits per heavy atom. The van der Waals surface area contributed by atoms with Crippen LogP contribution in [0.1, 0.15) is 56.9 Å². The summed E-state index contributed by atoms with van der Waals surface area (Å²) in [5.41, 5.74) is 5.51. The summed E-state index contributed by atoms with van der Waals surface area (Å²) < 4.78 is 25.3. The molecule has 0 aromatic heterocycles. The minimum atomic E-state index is -3.47. The fourth-order valence-corrected chi connectivity index (χ4v) is 4.99. The van der Waals surface area contributed by atoms with Crippen LogP contribution >= 0.6 is 0 Å². The van der Waals surface area contributed by atoms with Gasteiger partial charge in [-0.1, -0.05) is 38.3 Å². The summed E-state index contributed by atoms with van der Waals surface area (Å²) in [4.78, 5) is 0.313. The van der Waals surface area contributed by atoms with Crippen molar-refractivity contribution in [1.82, 2.24) is 0 Å². The number of rotatable bonds is 6. The van der Waals surface area contributed by atoms with E-state index >= 15 is 0 Å². The second-order valence-corrected chi connectivity index (χ2v) is 8.58. The molecule has 1 unspecified atom stereocenters. The molecule has 0 saturated heterocycles. The van der Waals surface area contributed by atoms with Gasteiger partial charge in [-0.25, -0.2) is 8.42 Å². The average Bonchev–Trinajstić information content (AvgIpc) is 2.47. The van der Waals surface area contributed by atoms with E-state index < -0.39 is 15.4 Å². The molecule has 0 radical (unpaired) electrons. The monoisotopic (exact) mass is 325 g/mol. The van der Waals surface area contributed by atoms with Gasteiger partial charge < -0.3 is 10.8 Å². The lowest BCUT2D eigenvalue weighted by Gasteiger charge is -2.31. The van der Waals surface area contributed by atoms with E-state index in [1.165, 1.54) is 0 Å². The van der Waals surface area contributed by atoms with Crippen molar-refractivity contribution in [2.24, 2.45) is 5.73 Å². The van der Waals surface area contributed by atoms with Crippen LogP contribution in [0, 0.1) is 0 Å².